The van der Waals surface area contributed by atoms with Gasteiger partial charge < -0.3 is 5.32 Å². The Morgan fingerprint density at radius 2 is 1.82 bits per heavy atom. The van der Waals surface area contributed by atoms with Crippen molar-refractivity contribution in [2.24, 2.45) is 5.92 Å². The first-order valence-electron chi connectivity index (χ1n) is 6.52. The lowest BCUT2D eigenvalue weighted by Gasteiger charge is -2.20. The van der Waals surface area contributed by atoms with E-state index in [9.17, 15) is 0 Å². The Morgan fingerprint density at radius 3 is 2.24 bits per heavy atom. The first-order valence-corrected chi connectivity index (χ1v) is 6.52. The third kappa shape index (κ3) is 4.76. The van der Waals surface area contributed by atoms with Crippen LogP contribution in [-0.2, 0) is 5.41 Å². The molecule has 2 heteroatoms. The van der Waals surface area contributed by atoms with Crippen LogP contribution < -0.4 is 5.32 Å². The van der Waals surface area contributed by atoms with Crippen LogP contribution in [0.3, 0.4) is 0 Å². The van der Waals surface area contributed by atoms with Crippen molar-refractivity contribution in [3.05, 3.63) is 23.9 Å². The lowest BCUT2D eigenvalue weighted by molar-refractivity contribution is 0.538. The summed E-state index contributed by atoms with van der Waals surface area (Å²) in [6.07, 6.45) is 3.15. The van der Waals surface area contributed by atoms with Gasteiger partial charge in [0, 0.05) is 12.2 Å². The Morgan fingerprint density at radius 1 is 1.18 bits per heavy atom. The molecule has 0 bridgehead atoms. The van der Waals surface area contributed by atoms with Crippen LogP contribution in [0.15, 0.2) is 18.3 Å². The summed E-state index contributed by atoms with van der Waals surface area (Å²) in [6.45, 7) is 13.3. The number of rotatable bonds is 4. The predicted molar refractivity (Wildman–Crippen MR) is 75.5 cm³/mol. The maximum atomic E-state index is 4.48. The molecule has 0 aliphatic carbocycles. The molecule has 0 fully saturated rings. The number of nitrogens with zero attached hydrogens (tertiary/aromatic N) is 1. The highest BCUT2D eigenvalue weighted by molar-refractivity contribution is 5.37. The maximum Gasteiger partial charge on any atom is 0.126 e. The molecule has 96 valence electrons. The highest BCUT2D eigenvalue weighted by atomic mass is 15.0. The van der Waals surface area contributed by atoms with Gasteiger partial charge in [0.1, 0.15) is 5.82 Å². The zero-order valence-electron chi connectivity index (χ0n) is 12.0. The lowest BCUT2D eigenvalue weighted by atomic mass is 9.88. The molecule has 1 unspecified atom stereocenters. The van der Waals surface area contributed by atoms with Crippen LogP contribution in [0.1, 0.15) is 53.5 Å². The molecule has 1 heterocycles. The fourth-order valence-electron chi connectivity index (χ4n) is 1.94. The van der Waals surface area contributed by atoms with Gasteiger partial charge in [-0.2, -0.15) is 0 Å². The number of hydrogen-bond acceptors (Lipinski definition) is 2. The van der Waals surface area contributed by atoms with Crippen LogP contribution in [0, 0.1) is 5.92 Å². The first-order chi connectivity index (χ1) is 7.79. The van der Waals surface area contributed by atoms with Gasteiger partial charge in [0.15, 0.2) is 0 Å². The standard InChI is InChI=1S/C15H26N2/c1-11(2)9-12(3)17-14-8-7-13(10-16-14)15(4,5)6/h7-8,10-12H,9H2,1-6H3,(H,16,17). The minimum Gasteiger partial charge on any atom is -0.368 e. The molecule has 0 aromatic carbocycles. The van der Waals surface area contributed by atoms with E-state index in [0.29, 0.717) is 12.0 Å². The minimum atomic E-state index is 0.176. The van der Waals surface area contributed by atoms with Gasteiger partial charge in [0.05, 0.1) is 0 Å². The molecule has 0 radical (unpaired) electrons. The van der Waals surface area contributed by atoms with Crippen LogP contribution in [0.5, 0.6) is 0 Å². The molecule has 1 atom stereocenters. The maximum absolute atomic E-state index is 4.48. The van der Waals surface area contributed by atoms with E-state index in [1.54, 1.807) is 0 Å². The van der Waals surface area contributed by atoms with E-state index < -0.39 is 0 Å². The summed E-state index contributed by atoms with van der Waals surface area (Å²) in [5.41, 5.74) is 1.45. The van der Waals surface area contributed by atoms with Crippen molar-refractivity contribution >= 4 is 5.82 Å². The van der Waals surface area contributed by atoms with E-state index in [0.717, 1.165) is 5.82 Å². The van der Waals surface area contributed by atoms with Gasteiger partial charge in [0.25, 0.3) is 0 Å². The zero-order valence-corrected chi connectivity index (χ0v) is 12.0. The summed E-state index contributed by atoms with van der Waals surface area (Å²) in [5, 5.41) is 3.44. The second kappa shape index (κ2) is 5.52. The quantitative estimate of drug-likeness (QED) is 0.843. The third-order valence-corrected chi connectivity index (χ3v) is 2.85. The molecule has 1 aromatic rings. The number of hydrogen-bond donors (Lipinski definition) is 1. The van der Waals surface area contributed by atoms with E-state index in [1.807, 2.05) is 6.20 Å². The van der Waals surface area contributed by atoms with Crippen molar-refractivity contribution in [3.8, 4) is 0 Å². The Labute approximate surface area is 106 Å². The molecule has 0 spiro atoms. The summed E-state index contributed by atoms with van der Waals surface area (Å²) in [5.74, 6) is 1.69. The van der Waals surface area contributed by atoms with E-state index in [1.165, 1.54) is 12.0 Å². The summed E-state index contributed by atoms with van der Waals surface area (Å²) in [6, 6.07) is 4.72. The number of aromatic nitrogens is 1. The van der Waals surface area contributed by atoms with Gasteiger partial charge in [-0.1, -0.05) is 40.7 Å². The molecular formula is C15H26N2. The van der Waals surface area contributed by atoms with Crippen LogP contribution in [0.25, 0.3) is 0 Å². The summed E-state index contributed by atoms with van der Waals surface area (Å²) < 4.78 is 0. The fraction of sp³-hybridized carbons (Fsp3) is 0.667. The molecule has 17 heavy (non-hydrogen) atoms. The number of anilines is 1. The Bertz CT molecular complexity index is 333. The normalized spacial score (nSPS) is 13.8. The van der Waals surface area contributed by atoms with E-state index in [2.05, 4.69) is 64.0 Å². The Kier molecular flexibility index (Phi) is 4.55. The highest BCUT2D eigenvalue weighted by Gasteiger charge is 2.14. The second-order valence-electron chi connectivity index (χ2n) is 6.36. The molecule has 1 aromatic heterocycles. The van der Waals surface area contributed by atoms with Gasteiger partial charge in [-0.25, -0.2) is 4.98 Å². The van der Waals surface area contributed by atoms with Crippen molar-refractivity contribution in [3.63, 3.8) is 0 Å². The average Bonchev–Trinajstić information content (AvgIpc) is 2.15. The minimum absolute atomic E-state index is 0.176. The highest BCUT2D eigenvalue weighted by Crippen LogP contribution is 2.22. The molecule has 2 nitrogen and oxygen atoms in total. The monoisotopic (exact) mass is 234 g/mol. The lowest BCUT2D eigenvalue weighted by Crippen LogP contribution is -2.18. The predicted octanol–water partition coefficient (Wildman–Crippen LogP) is 4.23. The third-order valence-electron chi connectivity index (χ3n) is 2.85. The Hall–Kier alpha value is -1.05. The van der Waals surface area contributed by atoms with Crippen molar-refractivity contribution in [1.82, 2.24) is 4.98 Å². The van der Waals surface area contributed by atoms with Crippen LogP contribution in [-0.4, -0.2) is 11.0 Å². The number of nitrogens with one attached hydrogen (secondary N) is 1. The van der Waals surface area contributed by atoms with Crippen molar-refractivity contribution in [2.45, 2.75) is 59.4 Å². The number of pyridine rings is 1. The molecule has 0 saturated heterocycles. The molecular weight excluding hydrogens is 208 g/mol. The SMILES string of the molecule is CC(C)CC(C)Nc1ccc(C(C)(C)C)cn1. The average molecular weight is 234 g/mol. The van der Waals surface area contributed by atoms with Gasteiger partial charge in [-0.3, -0.25) is 0 Å². The van der Waals surface area contributed by atoms with Crippen molar-refractivity contribution in [2.75, 3.05) is 5.32 Å². The largest absolute Gasteiger partial charge is 0.368 e. The Balaban J connectivity index is 2.63. The van der Waals surface area contributed by atoms with Crippen molar-refractivity contribution in [1.29, 1.82) is 0 Å². The zero-order chi connectivity index (χ0) is 13.1. The van der Waals surface area contributed by atoms with E-state index in [-0.39, 0.29) is 5.41 Å². The molecule has 1 N–H and O–H groups in total. The van der Waals surface area contributed by atoms with E-state index in [4.69, 9.17) is 0 Å². The smallest absolute Gasteiger partial charge is 0.126 e. The van der Waals surface area contributed by atoms with Crippen LogP contribution >= 0.6 is 0 Å². The van der Waals surface area contributed by atoms with Gasteiger partial charge in [-0.05, 0) is 36.3 Å². The fourth-order valence-corrected chi connectivity index (χ4v) is 1.94. The van der Waals surface area contributed by atoms with Gasteiger partial charge in [-0.15, -0.1) is 0 Å². The summed E-state index contributed by atoms with van der Waals surface area (Å²) >= 11 is 0. The summed E-state index contributed by atoms with van der Waals surface area (Å²) in [4.78, 5) is 4.48. The summed E-state index contributed by atoms with van der Waals surface area (Å²) in [7, 11) is 0. The van der Waals surface area contributed by atoms with Gasteiger partial charge in [0.2, 0.25) is 0 Å². The topological polar surface area (TPSA) is 24.9 Å². The van der Waals surface area contributed by atoms with Crippen molar-refractivity contribution < 1.29 is 0 Å². The molecule has 0 amide bonds. The molecule has 0 aliphatic heterocycles. The van der Waals surface area contributed by atoms with Crippen LogP contribution in [0.4, 0.5) is 5.82 Å². The van der Waals surface area contributed by atoms with Crippen LogP contribution in [0.2, 0.25) is 0 Å². The second-order valence-corrected chi connectivity index (χ2v) is 6.36. The van der Waals surface area contributed by atoms with E-state index >= 15 is 0 Å². The first kappa shape index (κ1) is 14.0. The molecule has 1 rings (SSSR count). The molecule has 0 aliphatic rings. The molecule has 0 saturated carbocycles. The van der Waals surface area contributed by atoms with Gasteiger partial charge >= 0.3 is 0 Å².